The van der Waals surface area contributed by atoms with Gasteiger partial charge in [-0.05, 0) is 37.5 Å². The van der Waals surface area contributed by atoms with Crippen LogP contribution in [0.4, 0.5) is 5.69 Å². The molecule has 1 heterocycles. The first-order valence-electron chi connectivity index (χ1n) is 9.00. The molecule has 0 radical (unpaired) electrons. The van der Waals surface area contributed by atoms with E-state index in [0.717, 1.165) is 27.9 Å². The van der Waals surface area contributed by atoms with E-state index in [-0.39, 0.29) is 0 Å². The molecule has 5 nitrogen and oxygen atoms in total. The molecule has 1 unspecified atom stereocenters. The largest absolute Gasteiger partial charge is 0.466 e. The van der Waals surface area contributed by atoms with Crippen LogP contribution in [0.1, 0.15) is 28.2 Å². The maximum atomic E-state index is 12.6. The predicted octanol–water partition coefficient (Wildman–Crippen LogP) is 3.97. The molecule has 0 bridgehead atoms. The molecular weight excluding hydrogens is 350 g/mol. The van der Waals surface area contributed by atoms with E-state index >= 15 is 0 Å². The van der Waals surface area contributed by atoms with Crippen LogP contribution in [0.2, 0.25) is 0 Å². The number of allylic oxidation sites excluding steroid dienone is 1. The number of benzene rings is 2. The van der Waals surface area contributed by atoms with Crippen LogP contribution in [-0.4, -0.2) is 13.1 Å². The third-order valence-corrected chi connectivity index (χ3v) is 4.95. The Kier molecular flexibility index (Phi) is 5.23. The SMILES string of the molecule is COC(=O)C1=CN(c2c(C)cc(C)cc2C)C(N)=C(C#N)C1c1ccccc1. The molecule has 1 aliphatic heterocycles. The zero-order chi connectivity index (χ0) is 20.4. The summed E-state index contributed by atoms with van der Waals surface area (Å²) in [5.74, 6) is -0.735. The molecular formula is C23H23N3O2. The van der Waals surface area contributed by atoms with E-state index in [0.29, 0.717) is 17.0 Å². The van der Waals surface area contributed by atoms with Gasteiger partial charge in [-0.25, -0.2) is 4.79 Å². The number of carbonyl (C=O) groups is 1. The summed E-state index contributed by atoms with van der Waals surface area (Å²) in [6.45, 7) is 6.01. The lowest BCUT2D eigenvalue weighted by Gasteiger charge is -2.33. The molecule has 0 saturated carbocycles. The first-order chi connectivity index (χ1) is 13.4. The van der Waals surface area contributed by atoms with Crippen LogP contribution in [0.15, 0.2) is 65.6 Å². The standard InChI is InChI=1S/C23H23N3O2/c1-14-10-15(2)21(16(3)11-14)26-13-19(23(27)28-4)20(18(12-24)22(26)25)17-8-6-5-7-9-17/h5-11,13,20H,25H2,1-4H3. The molecule has 28 heavy (non-hydrogen) atoms. The fraction of sp³-hybridized carbons (Fsp3) is 0.217. The molecule has 0 fully saturated rings. The van der Waals surface area contributed by atoms with E-state index in [1.54, 1.807) is 11.1 Å². The van der Waals surface area contributed by atoms with Crippen LogP contribution < -0.4 is 10.6 Å². The van der Waals surface area contributed by atoms with E-state index in [2.05, 4.69) is 18.2 Å². The maximum absolute atomic E-state index is 12.6. The van der Waals surface area contributed by atoms with Gasteiger partial charge in [-0.2, -0.15) is 5.26 Å². The minimum Gasteiger partial charge on any atom is -0.466 e. The molecule has 2 N–H and O–H groups in total. The van der Waals surface area contributed by atoms with Gasteiger partial charge in [0.25, 0.3) is 0 Å². The van der Waals surface area contributed by atoms with Gasteiger partial charge in [-0.1, -0.05) is 48.0 Å². The van der Waals surface area contributed by atoms with Crippen LogP contribution in [0.25, 0.3) is 0 Å². The van der Waals surface area contributed by atoms with Crippen molar-refractivity contribution in [1.82, 2.24) is 0 Å². The van der Waals surface area contributed by atoms with E-state index < -0.39 is 11.9 Å². The highest BCUT2D eigenvalue weighted by molar-refractivity contribution is 5.93. The Morgan fingerprint density at radius 3 is 2.29 bits per heavy atom. The number of hydrogen-bond acceptors (Lipinski definition) is 5. The van der Waals surface area contributed by atoms with Crippen molar-refractivity contribution in [2.75, 3.05) is 12.0 Å². The first kappa shape index (κ1) is 19.2. The number of nitrogens with zero attached hydrogens (tertiary/aromatic N) is 2. The van der Waals surface area contributed by atoms with Crippen molar-refractivity contribution >= 4 is 11.7 Å². The van der Waals surface area contributed by atoms with Crippen molar-refractivity contribution in [2.45, 2.75) is 26.7 Å². The highest BCUT2D eigenvalue weighted by Crippen LogP contribution is 2.40. The highest BCUT2D eigenvalue weighted by atomic mass is 16.5. The number of rotatable bonds is 3. The molecule has 0 aromatic heterocycles. The maximum Gasteiger partial charge on any atom is 0.336 e. The fourth-order valence-corrected chi connectivity index (χ4v) is 3.86. The predicted molar refractivity (Wildman–Crippen MR) is 109 cm³/mol. The zero-order valence-electron chi connectivity index (χ0n) is 16.5. The Bertz CT molecular complexity index is 1010. The molecule has 3 rings (SSSR count). The monoisotopic (exact) mass is 373 g/mol. The second-order valence-electron chi connectivity index (χ2n) is 6.95. The molecule has 1 aliphatic rings. The average Bonchev–Trinajstić information content (AvgIpc) is 2.68. The first-order valence-corrected chi connectivity index (χ1v) is 9.00. The molecule has 142 valence electrons. The summed E-state index contributed by atoms with van der Waals surface area (Å²) in [6.07, 6.45) is 1.70. The minimum atomic E-state index is -0.569. The third-order valence-electron chi connectivity index (χ3n) is 4.95. The summed E-state index contributed by atoms with van der Waals surface area (Å²) in [6, 6.07) is 15.7. The number of carbonyl (C=O) groups excluding carboxylic acids is 1. The number of aryl methyl sites for hydroxylation is 3. The summed E-state index contributed by atoms with van der Waals surface area (Å²) in [7, 11) is 1.34. The molecule has 2 aromatic rings. The molecule has 5 heteroatoms. The molecule has 2 aromatic carbocycles. The Morgan fingerprint density at radius 2 is 1.75 bits per heavy atom. The summed E-state index contributed by atoms with van der Waals surface area (Å²) in [5, 5.41) is 9.92. The number of ether oxygens (including phenoxy) is 1. The number of nitrogens with two attached hydrogens (primary N) is 1. The fourth-order valence-electron chi connectivity index (χ4n) is 3.86. The molecule has 0 saturated heterocycles. The Labute approximate surface area is 165 Å². The lowest BCUT2D eigenvalue weighted by atomic mass is 9.83. The summed E-state index contributed by atoms with van der Waals surface area (Å²) >= 11 is 0. The van der Waals surface area contributed by atoms with Crippen LogP contribution in [0, 0.1) is 32.1 Å². The van der Waals surface area contributed by atoms with Gasteiger partial charge in [0.05, 0.1) is 35.9 Å². The van der Waals surface area contributed by atoms with E-state index in [9.17, 15) is 10.1 Å². The summed E-state index contributed by atoms with van der Waals surface area (Å²) in [5.41, 5.74) is 12.0. The van der Waals surface area contributed by atoms with E-state index in [1.807, 2.05) is 51.1 Å². The second kappa shape index (κ2) is 7.61. The zero-order valence-corrected chi connectivity index (χ0v) is 16.5. The van der Waals surface area contributed by atoms with Crippen molar-refractivity contribution in [1.29, 1.82) is 5.26 Å². The van der Waals surface area contributed by atoms with Crippen LogP contribution in [0.3, 0.4) is 0 Å². The van der Waals surface area contributed by atoms with Gasteiger partial charge < -0.3 is 15.4 Å². The quantitative estimate of drug-likeness (QED) is 0.824. The van der Waals surface area contributed by atoms with Gasteiger partial charge in [0, 0.05) is 6.20 Å². The van der Waals surface area contributed by atoms with Crippen molar-refractivity contribution in [3.8, 4) is 6.07 Å². The number of methoxy groups -OCH3 is 1. The molecule has 0 aliphatic carbocycles. The van der Waals surface area contributed by atoms with Crippen molar-refractivity contribution in [2.24, 2.45) is 5.73 Å². The van der Waals surface area contributed by atoms with Crippen molar-refractivity contribution < 1.29 is 9.53 Å². The Morgan fingerprint density at radius 1 is 1.14 bits per heavy atom. The van der Waals surface area contributed by atoms with Gasteiger partial charge in [0.2, 0.25) is 0 Å². The van der Waals surface area contributed by atoms with Crippen molar-refractivity contribution in [3.63, 3.8) is 0 Å². The number of nitriles is 1. The topological polar surface area (TPSA) is 79.3 Å². The minimum absolute atomic E-state index is 0.319. The van der Waals surface area contributed by atoms with E-state index in [4.69, 9.17) is 10.5 Å². The second-order valence-corrected chi connectivity index (χ2v) is 6.95. The van der Waals surface area contributed by atoms with Gasteiger partial charge in [-0.15, -0.1) is 0 Å². The average molecular weight is 373 g/mol. The molecule has 0 spiro atoms. The lowest BCUT2D eigenvalue weighted by Crippen LogP contribution is -2.33. The molecule has 1 atom stereocenters. The lowest BCUT2D eigenvalue weighted by molar-refractivity contribution is -0.136. The van der Waals surface area contributed by atoms with Crippen LogP contribution in [-0.2, 0) is 9.53 Å². The number of anilines is 1. The van der Waals surface area contributed by atoms with Crippen LogP contribution >= 0.6 is 0 Å². The number of esters is 1. The van der Waals surface area contributed by atoms with E-state index in [1.165, 1.54) is 7.11 Å². The summed E-state index contributed by atoms with van der Waals surface area (Å²) in [4.78, 5) is 14.4. The summed E-state index contributed by atoms with van der Waals surface area (Å²) < 4.78 is 5.03. The van der Waals surface area contributed by atoms with Gasteiger partial charge in [0.15, 0.2) is 0 Å². The molecule has 0 amide bonds. The van der Waals surface area contributed by atoms with Gasteiger partial charge >= 0.3 is 5.97 Å². The van der Waals surface area contributed by atoms with Crippen molar-refractivity contribution in [3.05, 3.63) is 87.9 Å². The smallest absolute Gasteiger partial charge is 0.336 e. The highest BCUT2D eigenvalue weighted by Gasteiger charge is 2.35. The van der Waals surface area contributed by atoms with Crippen LogP contribution in [0.5, 0.6) is 0 Å². The number of hydrogen-bond donors (Lipinski definition) is 1. The normalized spacial score (nSPS) is 16.5. The Balaban J connectivity index is 2.26. The third kappa shape index (κ3) is 3.25. The Hall–Kier alpha value is -3.52. The van der Waals surface area contributed by atoms with Gasteiger partial charge in [0.1, 0.15) is 5.82 Å². The van der Waals surface area contributed by atoms with Gasteiger partial charge in [-0.3, -0.25) is 0 Å².